The summed E-state index contributed by atoms with van der Waals surface area (Å²) in [5.74, 6) is 0. The van der Waals surface area contributed by atoms with Crippen molar-refractivity contribution >= 4 is 34.8 Å². The fraction of sp³-hybridized carbons (Fsp3) is 0.182. The lowest BCUT2D eigenvalue weighted by molar-refractivity contribution is 1.34. The molecule has 0 fully saturated rings. The molecule has 0 aliphatic carbocycles. The molecule has 4 heteroatoms. The van der Waals surface area contributed by atoms with E-state index in [2.05, 4.69) is 86.4 Å². The molecule has 26 heavy (non-hydrogen) atoms. The minimum atomic E-state index is -2.25. The van der Waals surface area contributed by atoms with E-state index in [1.165, 1.54) is 22.3 Å². The summed E-state index contributed by atoms with van der Waals surface area (Å²) >= 11 is 6.17. The number of nitrogens with one attached hydrogen (secondary N) is 2. The topological polar surface area (TPSA) is 24.1 Å². The molecule has 2 N–H and O–H groups in total. The van der Waals surface area contributed by atoms with Crippen molar-refractivity contribution in [1.29, 1.82) is 0 Å². The van der Waals surface area contributed by atoms with E-state index in [0.29, 0.717) is 0 Å². The van der Waals surface area contributed by atoms with Crippen LogP contribution in [0.4, 0.5) is 11.4 Å². The second-order valence-electron chi connectivity index (χ2n) is 6.77. The van der Waals surface area contributed by atoms with Gasteiger partial charge in [-0.3, -0.25) is 0 Å². The fourth-order valence-electron chi connectivity index (χ4n) is 2.78. The minimum absolute atomic E-state index is 1.05. The van der Waals surface area contributed by atoms with Crippen molar-refractivity contribution in [2.45, 2.75) is 27.7 Å². The van der Waals surface area contributed by atoms with Crippen LogP contribution in [0.1, 0.15) is 22.3 Å². The number of hydrogen-bond donors (Lipinski definition) is 2. The minimum Gasteiger partial charge on any atom is -0.339 e. The Balaban J connectivity index is 2.00. The molecule has 134 valence electrons. The van der Waals surface area contributed by atoms with Crippen molar-refractivity contribution < 1.29 is 0 Å². The van der Waals surface area contributed by atoms with Crippen LogP contribution in [-0.4, -0.2) is 0 Å². The Morgan fingerprint density at radius 2 is 1.08 bits per heavy atom. The lowest BCUT2D eigenvalue weighted by Gasteiger charge is -2.27. The fourth-order valence-corrected chi connectivity index (χ4v) is 5.69. The summed E-state index contributed by atoms with van der Waals surface area (Å²) in [6.07, 6.45) is -2.25. The molecule has 0 radical (unpaired) electrons. The van der Waals surface area contributed by atoms with Gasteiger partial charge in [0.1, 0.15) is 6.34 Å². The summed E-state index contributed by atoms with van der Waals surface area (Å²) in [5, 5.41) is 8.39. The smallest absolute Gasteiger partial charge is 0.148 e. The summed E-state index contributed by atoms with van der Waals surface area (Å²) < 4.78 is 0. The second-order valence-corrected chi connectivity index (χ2v) is 10.6. The van der Waals surface area contributed by atoms with E-state index in [0.717, 1.165) is 16.7 Å². The van der Waals surface area contributed by atoms with Crippen LogP contribution in [-0.2, 0) is 11.8 Å². The zero-order valence-corrected chi connectivity index (χ0v) is 17.4. The van der Waals surface area contributed by atoms with Gasteiger partial charge in [0.05, 0.1) is 0 Å². The Labute approximate surface area is 161 Å². The number of benzene rings is 3. The predicted molar refractivity (Wildman–Crippen MR) is 119 cm³/mol. The first-order chi connectivity index (χ1) is 12.4. The zero-order valence-electron chi connectivity index (χ0n) is 15.7. The number of aryl methyl sites for hydroxylation is 4. The first-order valence-corrected chi connectivity index (χ1v) is 11.5. The summed E-state index contributed by atoms with van der Waals surface area (Å²) in [4.78, 5) is 0. The summed E-state index contributed by atoms with van der Waals surface area (Å²) in [5.41, 5.74) is 7.19. The quantitative estimate of drug-likeness (QED) is 0.525. The third-order valence-corrected chi connectivity index (χ3v) is 8.06. The first-order valence-electron chi connectivity index (χ1n) is 8.74. The maximum Gasteiger partial charge on any atom is 0.148 e. The summed E-state index contributed by atoms with van der Waals surface area (Å²) in [6, 6.07) is 23.1. The monoisotopic (exact) mass is 380 g/mol. The number of hydrogen-bond acceptors (Lipinski definition) is 1. The SMILES string of the molecule is Cc1ccc(NP(=S)(Nc2ccc(C)c(C)c2)c2ccccc2)cc1C. The van der Waals surface area contributed by atoms with E-state index in [9.17, 15) is 0 Å². The lowest BCUT2D eigenvalue weighted by Crippen LogP contribution is -2.18. The van der Waals surface area contributed by atoms with Gasteiger partial charge < -0.3 is 10.2 Å². The highest BCUT2D eigenvalue weighted by molar-refractivity contribution is 8.19. The third kappa shape index (κ3) is 4.17. The molecule has 2 nitrogen and oxygen atoms in total. The average Bonchev–Trinajstić information content (AvgIpc) is 2.62. The molecule has 0 saturated heterocycles. The summed E-state index contributed by atoms with van der Waals surface area (Å²) in [6.45, 7) is 8.51. The van der Waals surface area contributed by atoms with Crippen LogP contribution in [0, 0.1) is 27.7 Å². The molecule has 0 bridgehead atoms. The van der Waals surface area contributed by atoms with Crippen LogP contribution in [0.5, 0.6) is 0 Å². The third-order valence-electron chi connectivity index (χ3n) is 4.71. The van der Waals surface area contributed by atoms with Gasteiger partial charge in [-0.05, 0) is 86.0 Å². The van der Waals surface area contributed by atoms with E-state index < -0.39 is 6.34 Å². The Bertz CT molecular complexity index is 910. The average molecular weight is 380 g/mol. The van der Waals surface area contributed by atoms with Gasteiger partial charge in [-0.1, -0.05) is 42.5 Å². The Morgan fingerprint density at radius 1 is 0.615 bits per heavy atom. The van der Waals surface area contributed by atoms with Crippen molar-refractivity contribution in [2.24, 2.45) is 0 Å². The van der Waals surface area contributed by atoms with E-state index in [-0.39, 0.29) is 0 Å². The van der Waals surface area contributed by atoms with Gasteiger partial charge in [-0.15, -0.1) is 0 Å². The van der Waals surface area contributed by atoms with Crippen LogP contribution >= 0.6 is 6.34 Å². The van der Waals surface area contributed by atoms with Crippen molar-refractivity contribution in [2.75, 3.05) is 10.2 Å². The van der Waals surface area contributed by atoms with Crippen LogP contribution < -0.4 is 15.5 Å². The van der Waals surface area contributed by atoms with Crippen LogP contribution in [0.15, 0.2) is 66.7 Å². The molecule has 0 unspecified atom stereocenters. The van der Waals surface area contributed by atoms with Gasteiger partial charge in [-0.25, -0.2) is 0 Å². The molecule has 3 aromatic rings. The van der Waals surface area contributed by atoms with E-state index in [1.807, 2.05) is 18.2 Å². The van der Waals surface area contributed by atoms with Crippen molar-refractivity contribution in [1.82, 2.24) is 0 Å². The molecular formula is C22H25N2PS. The molecule has 0 aromatic heterocycles. The Kier molecular flexibility index (Phi) is 5.50. The zero-order chi connectivity index (χ0) is 18.7. The molecule has 0 aliphatic rings. The maximum absolute atomic E-state index is 6.17. The highest BCUT2D eigenvalue weighted by Gasteiger charge is 2.20. The highest BCUT2D eigenvalue weighted by Crippen LogP contribution is 2.45. The van der Waals surface area contributed by atoms with E-state index in [1.54, 1.807) is 0 Å². The normalized spacial score (nSPS) is 11.2. The maximum atomic E-state index is 6.17. The molecular weight excluding hydrogens is 355 g/mol. The van der Waals surface area contributed by atoms with Gasteiger partial charge >= 0.3 is 0 Å². The lowest BCUT2D eigenvalue weighted by atomic mass is 10.1. The molecule has 3 rings (SSSR count). The van der Waals surface area contributed by atoms with E-state index in [4.69, 9.17) is 11.8 Å². The summed E-state index contributed by atoms with van der Waals surface area (Å²) in [7, 11) is 0. The second kappa shape index (κ2) is 7.65. The largest absolute Gasteiger partial charge is 0.339 e. The standard InChI is InChI=1S/C22H25N2PS/c1-16-10-12-20(14-18(16)3)23-25(26,22-8-6-5-7-9-22)24-21-13-11-17(2)19(4)15-21/h5-15H,1-4H3,(H2,23,24,26). The highest BCUT2D eigenvalue weighted by atomic mass is 32.4. The van der Waals surface area contributed by atoms with Gasteiger partial charge in [0, 0.05) is 16.7 Å². The first kappa shape index (κ1) is 18.7. The van der Waals surface area contributed by atoms with Gasteiger partial charge in [0.25, 0.3) is 0 Å². The van der Waals surface area contributed by atoms with Gasteiger partial charge in [0.2, 0.25) is 0 Å². The molecule has 0 spiro atoms. The molecule has 3 aromatic carbocycles. The van der Waals surface area contributed by atoms with Crippen molar-refractivity contribution in [3.8, 4) is 0 Å². The van der Waals surface area contributed by atoms with Crippen LogP contribution in [0.25, 0.3) is 0 Å². The Morgan fingerprint density at radius 3 is 1.50 bits per heavy atom. The number of rotatable bonds is 5. The predicted octanol–water partition coefficient (Wildman–Crippen LogP) is 6.08. The van der Waals surface area contributed by atoms with Crippen molar-refractivity contribution in [3.63, 3.8) is 0 Å². The van der Waals surface area contributed by atoms with Gasteiger partial charge in [-0.2, -0.15) is 0 Å². The van der Waals surface area contributed by atoms with Crippen LogP contribution in [0.2, 0.25) is 0 Å². The van der Waals surface area contributed by atoms with Gasteiger partial charge in [0.15, 0.2) is 0 Å². The Hall–Kier alpha value is -2.09. The van der Waals surface area contributed by atoms with Crippen molar-refractivity contribution in [3.05, 3.63) is 89.0 Å². The van der Waals surface area contributed by atoms with Crippen LogP contribution in [0.3, 0.4) is 0 Å². The van der Waals surface area contributed by atoms with E-state index >= 15 is 0 Å². The number of anilines is 2. The molecule has 0 atom stereocenters. The molecule has 0 aliphatic heterocycles. The molecule has 0 amide bonds. The molecule has 0 heterocycles. The molecule has 0 saturated carbocycles.